The molecule has 2 aromatic carbocycles. The van der Waals surface area contributed by atoms with Gasteiger partial charge < -0.3 is 24.7 Å². The lowest BCUT2D eigenvalue weighted by Crippen LogP contribution is -2.44. The third-order valence-corrected chi connectivity index (χ3v) is 4.94. The Hall–Kier alpha value is -3.85. The van der Waals surface area contributed by atoms with Gasteiger partial charge in [-0.05, 0) is 43.7 Å². The first-order chi connectivity index (χ1) is 18.0. The second-order valence-electron chi connectivity index (χ2n) is 8.38. The number of H-pyrrole nitrogens is 1. The Morgan fingerprint density at radius 2 is 1.44 bits per heavy atom. The van der Waals surface area contributed by atoms with E-state index < -0.39 is 24.3 Å². The molecule has 1 saturated heterocycles. The van der Waals surface area contributed by atoms with Crippen LogP contribution in [-0.2, 0) is 20.9 Å². The van der Waals surface area contributed by atoms with E-state index in [-0.39, 0.29) is 0 Å². The highest BCUT2D eigenvalue weighted by Crippen LogP contribution is 2.25. The molecule has 0 radical (unpaired) electrons. The summed E-state index contributed by atoms with van der Waals surface area (Å²) in [6.07, 6.45) is -7.89. The summed E-state index contributed by atoms with van der Waals surface area (Å²) in [6, 6.07) is 14.2. The van der Waals surface area contributed by atoms with Gasteiger partial charge in [0.15, 0.2) is 0 Å². The molecule has 39 heavy (non-hydrogen) atoms. The summed E-state index contributed by atoms with van der Waals surface area (Å²) in [5.41, 5.74) is 3.21. The van der Waals surface area contributed by atoms with Crippen molar-refractivity contribution in [3.8, 4) is 11.5 Å². The summed E-state index contributed by atoms with van der Waals surface area (Å²) >= 11 is 0. The lowest BCUT2D eigenvalue weighted by atomic mass is 10.1. The predicted octanol–water partition coefficient (Wildman–Crippen LogP) is 5.23. The number of benzene rings is 2. The van der Waals surface area contributed by atoms with E-state index in [1.165, 1.54) is 5.56 Å². The van der Waals surface area contributed by atoms with Gasteiger partial charge >= 0.3 is 24.3 Å². The van der Waals surface area contributed by atoms with Crippen LogP contribution >= 0.6 is 0 Å². The Labute approximate surface area is 218 Å². The van der Waals surface area contributed by atoms with E-state index >= 15 is 0 Å². The standard InChI is InChI=1S/C20H23N3O2.2C2HF3O2/c1-14-10-23(11-15(2)24-14)12-16-3-5-17(6-4-16)25-18-7-8-19-20(9-18)22-13-21-19;2*3-2(4,5)1(6)7/h3-9,13-15H,10-12H2,1-2H3,(H,21,22);2*(H,6,7)/t14-,15+;;. The maximum Gasteiger partial charge on any atom is 0.490 e. The molecule has 214 valence electrons. The number of aromatic nitrogens is 2. The maximum atomic E-state index is 10.6. The van der Waals surface area contributed by atoms with E-state index in [0.29, 0.717) is 12.2 Å². The molecule has 0 aliphatic carbocycles. The number of halogens is 6. The largest absolute Gasteiger partial charge is 0.490 e. The van der Waals surface area contributed by atoms with Crippen LogP contribution in [0.2, 0.25) is 0 Å². The number of morpholine rings is 1. The number of fused-ring (bicyclic) bond motifs is 1. The molecule has 9 nitrogen and oxygen atoms in total. The third-order valence-electron chi connectivity index (χ3n) is 4.94. The van der Waals surface area contributed by atoms with E-state index in [1.54, 1.807) is 6.33 Å². The lowest BCUT2D eigenvalue weighted by Gasteiger charge is -2.35. The maximum absolute atomic E-state index is 10.6. The Balaban J connectivity index is 0.000000317. The van der Waals surface area contributed by atoms with Crippen molar-refractivity contribution in [3.63, 3.8) is 0 Å². The molecule has 15 heteroatoms. The number of rotatable bonds is 4. The van der Waals surface area contributed by atoms with Gasteiger partial charge in [-0.3, -0.25) is 4.90 Å². The molecule has 1 aliphatic heterocycles. The zero-order chi connectivity index (χ0) is 29.4. The van der Waals surface area contributed by atoms with Crippen molar-refractivity contribution in [1.29, 1.82) is 0 Å². The molecule has 1 aromatic heterocycles. The van der Waals surface area contributed by atoms with Gasteiger partial charge in [0, 0.05) is 25.7 Å². The van der Waals surface area contributed by atoms with Crippen molar-refractivity contribution in [2.24, 2.45) is 0 Å². The van der Waals surface area contributed by atoms with Crippen LogP contribution < -0.4 is 4.74 Å². The number of aromatic amines is 1. The van der Waals surface area contributed by atoms with Crippen molar-refractivity contribution < 1.29 is 55.6 Å². The van der Waals surface area contributed by atoms with Crippen LogP contribution in [0, 0.1) is 0 Å². The van der Waals surface area contributed by atoms with Crippen LogP contribution in [0.1, 0.15) is 19.4 Å². The fourth-order valence-electron chi connectivity index (χ4n) is 3.45. The van der Waals surface area contributed by atoms with Gasteiger partial charge in [-0.15, -0.1) is 0 Å². The van der Waals surface area contributed by atoms with Crippen LogP contribution in [0.3, 0.4) is 0 Å². The molecule has 0 spiro atoms. The monoisotopic (exact) mass is 565 g/mol. The van der Waals surface area contributed by atoms with Gasteiger partial charge in [-0.1, -0.05) is 12.1 Å². The van der Waals surface area contributed by atoms with Gasteiger partial charge in [0.1, 0.15) is 11.5 Å². The summed E-state index contributed by atoms with van der Waals surface area (Å²) in [5.74, 6) is -3.88. The zero-order valence-corrected chi connectivity index (χ0v) is 20.6. The molecule has 0 amide bonds. The number of aliphatic carboxylic acids is 2. The van der Waals surface area contributed by atoms with Crippen LogP contribution in [0.15, 0.2) is 48.8 Å². The van der Waals surface area contributed by atoms with Gasteiger partial charge in [0.05, 0.1) is 29.6 Å². The lowest BCUT2D eigenvalue weighted by molar-refractivity contribution is -0.193. The summed E-state index contributed by atoms with van der Waals surface area (Å²) < 4.78 is 75.2. The first-order valence-electron chi connectivity index (χ1n) is 11.2. The van der Waals surface area contributed by atoms with Crippen LogP contribution in [0.5, 0.6) is 11.5 Å². The van der Waals surface area contributed by atoms with Crippen LogP contribution in [-0.4, -0.2) is 74.7 Å². The average Bonchev–Trinajstić information content (AvgIpc) is 3.27. The number of nitrogens with one attached hydrogen (secondary N) is 1. The summed E-state index contributed by atoms with van der Waals surface area (Å²) in [4.78, 5) is 27.6. The first kappa shape index (κ1) is 31.4. The number of ether oxygens (including phenoxy) is 2. The highest BCUT2D eigenvalue weighted by Gasteiger charge is 2.38. The molecule has 3 N–H and O–H groups in total. The molecular formula is C24H25F6N3O6. The average molecular weight is 565 g/mol. The quantitative estimate of drug-likeness (QED) is 0.368. The number of carbonyl (C=O) groups is 2. The second-order valence-corrected chi connectivity index (χ2v) is 8.38. The normalized spacial score (nSPS) is 17.8. The van der Waals surface area contributed by atoms with E-state index in [0.717, 1.165) is 42.2 Å². The number of carboxylic acids is 2. The third kappa shape index (κ3) is 10.8. The van der Waals surface area contributed by atoms with Crippen molar-refractivity contribution in [3.05, 3.63) is 54.4 Å². The topological polar surface area (TPSA) is 125 Å². The molecule has 2 atom stereocenters. The number of nitrogens with zero attached hydrogens (tertiary/aromatic N) is 2. The Morgan fingerprint density at radius 3 is 1.92 bits per heavy atom. The number of imidazole rings is 1. The first-order valence-corrected chi connectivity index (χ1v) is 11.2. The molecular weight excluding hydrogens is 540 g/mol. The van der Waals surface area contributed by atoms with Crippen LogP contribution in [0.4, 0.5) is 26.3 Å². The van der Waals surface area contributed by atoms with E-state index in [4.69, 9.17) is 29.3 Å². The molecule has 1 aliphatic rings. The highest BCUT2D eigenvalue weighted by molar-refractivity contribution is 5.76. The molecule has 4 rings (SSSR count). The minimum Gasteiger partial charge on any atom is -0.475 e. The minimum atomic E-state index is -5.08. The Morgan fingerprint density at radius 1 is 0.949 bits per heavy atom. The fraction of sp³-hybridized carbons (Fsp3) is 0.375. The van der Waals surface area contributed by atoms with Crippen molar-refractivity contribution in [2.45, 2.75) is 45.0 Å². The second kappa shape index (κ2) is 13.3. The molecule has 3 aromatic rings. The zero-order valence-electron chi connectivity index (χ0n) is 20.6. The fourth-order valence-corrected chi connectivity index (χ4v) is 3.45. The van der Waals surface area contributed by atoms with Crippen molar-refractivity contribution in [1.82, 2.24) is 14.9 Å². The summed E-state index contributed by atoms with van der Waals surface area (Å²) in [5, 5.41) is 14.2. The van der Waals surface area contributed by atoms with Gasteiger partial charge in [0.25, 0.3) is 0 Å². The van der Waals surface area contributed by atoms with Crippen LogP contribution in [0.25, 0.3) is 11.0 Å². The number of carboxylic acid groups (broad SMARTS) is 2. The SMILES string of the molecule is C[C@@H]1CN(Cc2ccc(Oc3ccc4[nH]cnc4c3)cc2)C[C@H](C)O1.O=C(O)C(F)(F)F.O=C(O)C(F)(F)F. The van der Waals surface area contributed by atoms with Gasteiger partial charge in [-0.25, -0.2) is 14.6 Å². The molecule has 2 heterocycles. The predicted molar refractivity (Wildman–Crippen MR) is 125 cm³/mol. The molecule has 0 unspecified atom stereocenters. The van der Waals surface area contributed by atoms with Crippen molar-refractivity contribution >= 4 is 23.0 Å². The van der Waals surface area contributed by atoms with Gasteiger partial charge in [0.2, 0.25) is 0 Å². The smallest absolute Gasteiger partial charge is 0.475 e. The Kier molecular flexibility index (Phi) is 10.7. The van der Waals surface area contributed by atoms with E-state index in [1.807, 2.05) is 30.3 Å². The summed E-state index contributed by atoms with van der Waals surface area (Å²) in [7, 11) is 0. The number of alkyl halides is 6. The molecule has 0 saturated carbocycles. The minimum absolute atomic E-state index is 0.295. The molecule has 0 bridgehead atoms. The van der Waals surface area contributed by atoms with E-state index in [9.17, 15) is 26.3 Å². The highest BCUT2D eigenvalue weighted by atomic mass is 19.4. The van der Waals surface area contributed by atoms with E-state index in [2.05, 4.69) is 40.8 Å². The number of hydrogen-bond donors (Lipinski definition) is 3. The Bertz CT molecular complexity index is 1200. The van der Waals surface area contributed by atoms with Crippen molar-refractivity contribution in [2.75, 3.05) is 13.1 Å². The number of hydrogen-bond acceptors (Lipinski definition) is 6. The van der Waals surface area contributed by atoms with Gasteiger partial charge in [-0.2, -0.15) is 26.3 Å². The summed E-state index contributed by atoms with van der Waals surface area (Å²) in [6.45, 7) is 7.17. The molecule has 1 fully saturated rings.